The van der Waals surface area contributed by atoms with Crippen LogP contribution in [0.5, 0.6) is 11.5 Å². The van der Waals surface area contributed by atoms with E-state index in [4.69, 9.17) is 32.7 Å². The Balaban J connectivity index is 2.17. The van der Waals surface area contributed by atoms with Gasteiger partial charge in [0.2, 0.25) is 5.91 Å². The fourth-order valence-corrected chi connectivity index (χ4v) is 2.63. The standard InChI is InChI=1S/C17H17Cl2NO3/c1-10-6-15(22-2)16(23-3)7-11(10)8-17(21)20-14-5-4-12(18)9-13(14)19/h4-7,9H,8H2,1-3H3,(H,20,21). The number of carbonyl (C=O) groups excluding carboxylic acids is 1. The molecule has 0 fully saturated rings. The van der Waals surface area contributed by atoms with E-state index in [2.05, 4.69) is 5.32 Å². The Kier molecular flexibility index (Phi) is 5.74. The third-order valence-corrected chi connectivity index (χ3v) is 3.95. The molecule has 23 heavy (non-hydrogen) atoms. The number of benzene rings is 2. The number of hydrogen-bond donors (Lipinski definition) is 1. The van der Waals surface area contributed by atoms with Gasteiger partial charge in [0.1, 0.15) is 0 Å². The zero-order chi connectivity index (χ0) is 17.0. The van der Waals surface area contributed by atoms with E-state index in [0.717, 1.165) is 11.1 Å². The van der Waals surface area contributed by atoms with E-state index in [9.17, 15) is 4.79 Å². The normalized spacial score (nSPS) is 10.3. The number of aryl methyl sites for hydroxylation is 1. The second-order valence-corrected chi connectivity index (χ2v) is 5.83. The largest absolute Gasteiger partial charge is 0.493 e. The van der Waals surface area contributed by atoms with Crippen LogP contribution in [0.25, 0.3) is 0 Å². The third-order valence-electron chi connectivity index (χ3n) is 3.40. The summed E-state index contributed by atoms with van der Waals surface area (Å²) in [5.74, 6) is 1.05. The number of anilines is 1. The maximum atomic E-state index is 12.3. The number of halogens is 2. The van der Waals surface area contributed by atoms with Gasteiger partial charge in [0.15, 0.2) is 11.5 Å². The molecule has 0 bridgehead atoms. The van der Waals surface area contributed by atoms with E-state index >= 15 is 0 Å². The van der Waals surface area contributed by atoms with Gasteiger partial charge in [0.25, 0.3) is 0 Å². The molecule has 2 aromatic rings. The molecule has 0 spiro atoms. The first-order chi connectivity index (χ1) is 10.9. The highest BCUT2D eigenvalue weighted by molar-refractivity contribution is 6.36. The Morgan fingerprint density at radius 1 is 1.09 bits per heavy atom. The lowest BCUT2D eigenvalue weighted by molar-refractivity contribution is -0.115. The highest BCUT2D eigenvalue weighted by atomic mass is 35.5. The molecule has 0 aliphatic heterocycles. The molecule has 0 aliphatic rings. The third kappa shape index (κ3) is 4.30. The maximum absolute atomic E-state index is 12.3. The Morgan fingerprint density at radius 2 is 1.74 bits per heavy atom. The van der Waals surface area contributed by atoms with Crippen LogP contribution in [-0.4, -0.2) is 20.1 Å². The van der Waals surface area contributed by atoms with Crippen LogP contribution >= 0.6 is 23.2 Å². The predicted molar refractivity (Wildman–Crippen MR) is 93.1 cm³/mol. The zero-order valence-electron chi connectivity index (χ0n) is 13.1. The summed E-state index contributed by atoms with van der Waals surface area (Å²) in [4.78, 5) is 12.3. The van der Waals surface area contributed by atoms with Crippen molar-refractivity contribution in [3.8, 4) is 11.5 Å². The number of carbonyl (C=O) groups is 1. The monoisotopic (exact) mass is 353 g/mol. The topological polar surface area (TPSA) is 47.6 Å². The van der Waals surface area contributed by atoms with Gasteiger partial charge in [-0.15, -0.1) is 0 Å². The van der Waals surface area contributed by atoms with E-state index in [1.54, 1.807) is 38.5 Å². The first-order valence-electron chi connectivity index (χ1n) is 6.91. The van der Waals surface area contributed by atoms with Crippen LogP contribution in [0.15, 0.2) is 30.3 Å². The molecule has 0 saturated carbocycles. The molecule has 0 heterocycles. The van der Waals surface area contributed by atoms with E-state index in [0.29, 0.717) is 27.2 Å². The van der Waals surface area contributed by atoms with Gasteiger partial charge < -0.3 is 14.8 Å². The molecule has 6 heteroatoms. The van der Waals surface area contributed by atoms with Gasteiger partial charge in [-0.1, -0.05) is 23.2 Å². The predicted octanol–water partition coefficient (Wildman–Crippen LogP) is 4.50. The summed E-state index contributed by atoms with van der Waals surface area (Å²) in [6, 6.07) is 8.57. The van der Waals surface area contributed by atoms with Crippen molar-refractivity contribution in [1.82, 2.24) is 0 Å². The van der Waals surface area contributed by atoms with Gasteiger partial charge in [0, 0.05) is 5.02 Å². The zero-order valence-corrected chi connectivity index (χ0v) is 14.6. The van der Waals surface area contributed by atoms with E-state index in [1.165, 1.54) is 0 Å². The molecular formula is C17H17Cl2NO3. The Labute approximate surface area is 145 Å². The lowest BCUT2D eigenvalue weighted by Gasteiger charge is -2.13. The fraction of sp³-hybridized carbons (Fsp3) is 0.235. The SMILES string of the molecule is COc1cc(C)c(CC(=O)Nc2ccc(Cl)cc2Cl)cc1OC. The highest BCUT2D eigenvalue weighted by Gasteiger charge is 2.13. The molecule has 122 valence electrons. The van der Waals surface area contributed by atoms with Crippen LogP contribution in [0.2, 0.25) is 10.0 Å². The number of ether oxygens (including phenoxy) is 2. The Bertz CT molecular complexity index is 732. The van der Waals surface area contributed by atoms with Crippen LogP contribution in [-0.2, 0) is 11.2 Å². The van der Waals surface area contributed by atoms with Crippen LogP contribution in [0.1, 0.15) is 11.1 Å². The van der Waals surface area contributed by atoms with Gasteiger partial charge in [-0.3, -0.25) is 4.79 Å². The van der Waals surface area contributed by atoms with Crippen molar-refractivity contribution in [3.63, 3.8) is 0 Å². The van der Waals surface area contributed by atoms with Crippen molar-refractivity contribution in [2.75, 3.05) is 19.5 Å². The molecule has 0 saturated heterocycles. The van der Waals surface area contributed by atoms with Crippen LogP contribution in [0.3, 0.4) is 0 Å². The first kappa shape index (κ1) is 17.4. The Hall–Kier alpha value is -1.91. The summed E-state index contributed by atoms with van der Waals surface area (Å²) in [5, 5.41) is 3.69. The van der Waals surface area contributed by atoms with Crippen molar-refractivity contribution >= 4 is 34.8 Å². The van der Waals surface area contributed by atoms with E-state index in [1.807, 2.05) is 13.0 Å². The second kappa shape index (κ2) is 7.57. The number of rotatable bonds is 5. The molecule has 1 N–H and O–H groups in total. The average Bonchev–Trinajstić information content (AvgIpc) is 2.51. The first-order valence-corrected chi connectivity index (χ1v) is 7.66. The minimum Gasteiger partial charge on any atom is -0.493 e. The lowest BCUT2D eigenvalue weighted by Crippen LogP contribution is -2.15. The number of amides is 1. The minimum atomic E-state index is -0.176. The summed E-state index contributed by atoms with van der Waals surface area (Å²) in [7, 11) is 3.14. The second-order valence-electron chi connectivity index (χ2n) is 4.98. The van der Waals surface area contributed by atoms with Crippen LogP contribution in [0, 0.1) is 6.92 Å². The minimum absolute atomic E-state index is 0.176. The molecule has 2 aromatic carbocycles. The Morgan fingerprint density at radius 3 is 2.35 bits per heavy atom. The molecule has 0 unspecified atom stereocenters. The van der Waals surface area contributed by atoms with Crippen LogP contribution < -0.4 is 14.8 Å². The fourth-order valence-electron chi connectivity index (χ4n) is 2.17. The quantitative estimate of drug-likeness (QED) is 0.860. The van der Waals surface area contributed by atoms with Gasteiger partial charge in [-0.2, -0.15) is 0 Å². The summed E-state index contributed by atoms with van der Waals surface area (Å²) < 4.78 is 10.5. The number of nitrogens with one attached hydrogen (secondary N) is 1. The van der Waals surface area contributed by atoms with Crippen molar-refractivity contribution in [1.29, 1.82) is 0 Å². The summed E-state index contributed by atoms with van der Waals surface area (Å²) in [6.45, 7) is 1.92. The van der Waals surface area contributed by atoms with Gasteiger partial charge >= 0.3 is 0 Å². The van der Waals surface area contributed by atoms with Gasteiger partial charge in [-0.25, -0.2) is 0 Å². The van der Waals surface area contributed by atoms with Crippen molar-refractivity contribution < 1.29 is 14.3 Å². The number of hydrogen-bond acceptors (Lipinski definition) is 3. The van der Waals surface area contributed by atoms with Gasteiger partial charge in [0.05, 0.1) is 31.4 Å². The lowest BCUT2D eigenvalue weighted by atomic mass is 10.0. The smallest absolute Gasteiger partial charge is 0.228 e. The molecule has 4 nitrogen and oxygen atoms in total. The van der Waals surface area contributed by atoms with E-state index < -0.39 is 0 Å². The van der Waals surface area contributed by atoms with Crippen molar-refractivity contribution in [2.24, 2.45) is 0 Å². The molecular weight excluding hydrogens is 337 g/mol. The summed E-state index contributed by atoms with van der Waals surface area (Å²) >= 11 is 11.9. The maximum Gasteiger partial charge on any atom is 0.228 e. The molecule has 0 atom stereocenters. The number of methoxy groups -OCH3 is 2. The summed E-state index contributed by atoms with van der Waals surface area (Å²) in [6.07, 6.45) is 0.200. The average molecular weight is 354 g/mol. The van der Waals surface area contributed by atoms with Crippen molar-refractivity contribution in [2.45, 2.75) is 13.3 Å². The summed E-state index contributed by atoms with van der Waals surface area (Å²) in [5.41, 5.74) is 2.32. The van der Waals surface area contributed by atoms with Crippen molar-refractivity contribution in [3.05, 3.63) is 51.5 Å². The molecule has 0 aromatic heterocycles. The molecule has 0 aliphatic carbocycles. The molecule has 2 rings (SSSR count). The van der Waals surface area contributed by atoms with Gasteiger partial charge in [-0.05, 0) is 48.4 Å². The highest BCUT2D eigenvalue weighted by Crippen LogP contribution is 2.31. The van der Waals surface area contributed by atoms with E-state index in [-0.39, 0.29) is 12.3 Å². The molecule has 0 radical (unpaired) electrons. The van der Waals surface area contributed by atoms with Crippen LogP contribution in [0.4, 0.5) is 5.69 Å². The molecule has 1 amide bonds.